The van der Waals surface area contributed by atoms with Crippen LogP contribution in [0.5, 0.6) is 11.5 Å². The molecule has 2 rings (SSSR count). The van der Waals surface area contributed by atoms with Crippen molar-refractivity contribution in [3.05, 3.63) is 23.8 Å². The fourth-order valence-electron chi connectivity index (χ4n) is 2.62. The molecule has 2 unspecified atom stereocenters. The lowest BCUT2D eigenvalue weighted by molar-refractivity contribution is 0.111. The van der Waals surface area contributed by atoms with E-state index in [2.05, 4.69) is 0 Å². The zero-order valence-electron chi connectivity index (χ0n) is 12.2. The Morgan fingerprint density at radius 3 is 2.67 bits per heavy atom. The predicted molar refractivity (Wildman–Crippen MR) is 79.9 cm³/mol. The number of hydrogen-bond acceptors (Lipinski definition) is 5. The summed E-state index contributed by atoms with van der Waals surface area (Å²) in [6.07, 6.45) is 4.55. The molecule has 1 aliphatic rings. The number of benzene rings is 1. The van der Waals surface area contributed by atoms with E-state index in [9.17, 15) is 13.2 Å². The number of methoxy groups -OCH3 is 1. The van der Waals surface area contributed by atoms with Crippen LogP contribution in [-0.4, -0.2) is 39.4 Å². The molecule has 0 N–H and O–H groups in total. The quantitative estimate of drug-likeness (QED) is 0.780. The Morgan fingerprint density at radius 2 is 2.05 bits per heavy atom. The van der Waals surface area contributed by atoms with Crippen LogP contribution in [0.25, 0.3) is 0 Å². The molecule has 0 heterocycles. The van der Waals surface area contributed by atoms with Gasteiger partial charge in [0.1, 0.15) is 21.3 Å². The summed E-state index contributed by atoms with van der Waals surface area (Å²) in [7, 11) is -1.51. The molecule has 1 aromatic carbocycles. The van der Waals surface area contributed by atoms with E-state index < -0.39 is 9.84 Å². The standard InChI is InChI=1S/C15H20O5S/c1-19-12-7-6-11(10-16)15(9-12)20-13-4-3-5-14(8-13)21(2,17)18/h6-7,9-10,13-14H,3-5,8H2,1-2H3. The highest BCUT2D eigenvalue weighted by atomic mass is 32.2. The van der Waals surface area contributed by atoms with Gasteiger partial charge in [-0.1, -0.05) is 0 Å². The van der Waals surface area contributed by atoms with E-state index in [0.717, 1.165) is 19.1 Å². The Bertz CT molecular complexity index is 608. The van der Waals surface area contributed by atoms with Gasteiger partial charge in [0.25, 0.3) is 0 Å². The lowest BCUT2D eigenvalue weighted by atomic mass is 9.97. The number of rotatable bonds is 5. The van der Waals surface area contributed by atoms with Crippen molar-refractivity contribution in [2.24, 2.45) is 0 Å². The molecule has 6 heteroatoms. The van der Waals surface area contributed by atoms with Crippen molar-refractivity contribution < 1.29 is 22.7 Å². The molecule has 0 spiro atoms. The number of ether oxygens (including phenoxy) is 2. The number of aldehydes is 1. The van der Waals surface area contributed by atoms with E-state index in [1.807, 2.05) is 0 Å². The molecule has 0 aliphatic heterocycles. The van der Waals surface area contributed by atoms with Crippen LogP contribution in [0.2, 0.25) is 0 Å². The predicted octanol–water partition coefficient (Wildman–Crippen LogP) is 2.24. The Balaban J connectivity index is 2.15. The first-order valence-corrected chi connectivity index (χ1v) is 8.88. The van der Waals surface area contributed by atoms with Crippen molar-refractivity contribution in [3.8, 4) is 11.5 Å². The molecule has 21 heavy (non-hydrogen) atoms. The summed E-state index contributed by atoms with van der Waals surface area (Å²) in [4.78, 5) is 11.1. The van der Waals surface area contributed by atoms with Crippen LogP contribution >= 0.6 is 0 Å². The molecule has 1 aromatic rings. The minimum absolute atomic E-state index is 0.190. The molecule has 0 bridgehead atoms. The minimum atomic E-state index is -3.05. The van der Waals surface area contributed by atoms with Crippen LogP contribution in [0.15, 0.2) is 18.2 Å². The van der Waals surface area contributed by atoms with Gasteiger partial charge in [-0.2, -0.15) is 0 Å². The zero-order valence-corrected chi connectivity index (χ0v) is 13.1. The first-order chi connectivity index (χ1) is 9.94. The van der Waals surface area contributed by atoms with Gasteiger partial charge < -0.3 is 9.47 Å². The Kier molecular flexibility index (Phi) is 4.88. The maximum atomic E-state index is 11.7. The lowest BCUT2D eigenvalue weighted by Gasteiger charge is -2.29. The fourth-order valence-corrected chi connectivity index (χ4v) is 3.78. The van der Waals surface area contributed by atoms with Crippen LogP contribution in [-0.2, 0) is 9.84 Å². The number of carbonyl (C=O) groups is 1. The van der Waals surface area contributed by atoms with Gasteiger partial charge in [-0.25, -0.2) is 8.42 Å². The molecule has 1 saturated carbocycles. The first-order valence-electron chi connectivity index (χ1n) is 6.92. The van der Waals surface area contributed by atoms with Crippen molar-refractivity contribution in [1.29, 1.82) is 0 Å². The van der Waals surface area contributed by atoms with E-state index in [1.54, 1.807) is 25.3 Å². The average Bonchev–Trinajstić information content (AvgIpc) is 2.46. The van der Waals surface area contributed by atoms with Crippen molar-refractivity contribution in [3.63, 3.8) is 0 Å². The number of carbonyl (C=O) groups excluding carboxylic acids is 1. The smallest absolute Gasteiger partial charge is 0.153 e. The first kappa shape index (κ1) is 15.8. The molecule has 1 fully saturated rings. The molecule has 5 nitrogen and oxygen atoms in total. The minimum Gasteiger partial charge on any atom is -0.497 e. The molecule has 2 atom stereocenters. The summed E-state index contributed by atoms with van der Waals surface area (Å²) >= 11 is 0. The highest BCUT2D eigenvalue weighted by molar-refractivity contribution is 7.91. The second-order valence-electron chi connectivity index (χ2n) is 5.38. The van der Waals surface area contributed by atoms with E-state index in [-0.39, 0.29) is 11.4 Å². The van der Waals surface area contributed by atoms with E-state index in [1.165, 1.54) is 6.26 Å². The van der Waals surface area contributed by atoms with Gasteiger partial charge in [-0.05, 0) is 31.4 Å². The summed E-state index contributed by atoms with van der Waals surface area (Å²) in [6, 6.07) is 4.99. The van der Waals surface area contributed by atoms with Gasteiger partial charge in [0.05, 0.1) is 24.0 Å². The molecule has 0 radical (unpaired) electrons. The third-order valence-corrected chi connectivity index (χ3v) is 5.46. The number of hydrogen-bond donors (Lipinski definition) is 0. The highest BCUT2D eigenvalue weighted by Gasteiger charge is 2.30. The third kappa shape index (κ3) is 3.97. The summed E-state index contributed by atoms with van der Waals surface area (Å²) in [6.45, 7) is 0. The summed E-state index contributed by atoms with van der Waals surface area (Å²) in [5.41, 5.74) is 0.442. The zero-order chi connectivity index (χ0) is 15.5. The molecule has 0 aromatic heterocycles. The van der Waals surface area contributed by atoms with Gasteiger partial charge in [-0.15, -0.1) is 0 Å². The Labute approximate surface area is 125 Å². The van der Waals surface area contributed by atoms with E-state index in [4.69, 9.17) is 9.47 Å². The van der Waals surface area contributed by atoms with E-state index in [0.29, 0.717) is 29.9 Å². The second kappa shape index (κ2) is 6.47. The molecule has 1 aliphatic carbocycles. The van der Waals surface area contributed by atoms with Crippen LogP contribution in [0, 0.1) is 0 Å². The van der Waals surface area contributed by atoms with Crippen LogP contribution in [0.1, 0.15) is 36.0 Å². The highest BCUT2D eigenvalue weighted by Crippen LogP contribution is 2.30. The van der Waals surface area contributed by atoms with Crippen molar-refractivity contribution in [2.45, 2.75) is 37.0 Å². The van der Waals surface area contributed by atoms with E-state index >= 15 is 0 Å². The van der Waals surface area contributed by atoms with Crippen LogP contribution in [0.3, 0.4) is 0 Å². The topological polar surface area (TPSA) is 69.7 Å². The van der Waals surface area contributed by atoms with Gasteiger partial charge in [-0.3, -0.25) is 4.79 Å². The molecule has 0 amide bonds. The van der Waals surface area contributed by atoms with Gasteiger partial charge >= 0.3 is 0 Å². The molecule has 0 saturated heterocycles. The molecular formula is C15H20O5S. The second-order valence-corrected chi connectivity index (χ2v) is 7.71. The van der Waals surface area contributed by atoms with Crippen molar-refractivity contribution >= 4 is 16.1 Å². The SMILES string of the molecule is COc1ccc(C=O)c(OC2CCCC(S(C)(=O)=O)C2)c1. The summed E-state index contributed by atoms with van der Waals surface area (Å²) < 4.78 is 34.3. The number of sulfone groups is 1. The van der Waals surface area contributed by atoms with Gasteiger partial charge in [0.15, 0.2) is 6.29 Å². The molecular weight excluding hydrogens is 292 g/mol. The van der Waals surface area contributed by atoms with Crippen LogP contribution in [0.4, 0.5) is 0 Å². The largest absolute Gasteiger partial charge is 0.497 e. The van der Waals surface area contributed by atoms with Gasteiger partial charge in [0, 0.05) is 18.7 Å². The lowest BCUT2D eigenvalue weighted by Crippen LogP contribution is -2.33. The average molecular weight is 312 g/mol. The third-order valence-electron chi connectivity index (χ3n) is 3.82. The Morgan fingerprint density at radius 1 is 1.29 bits per heavy atom. The van der Waals surface area contributed by atoms with Crippen molar-refractivity contribution in [1.82, 2.24) is 0 Å². The monoisotopic (exact) mass is 312 g/mol. The van der Waals surface area contributed by atoms with Gasteiger partial charge in [0.2, 0.25) is 0 Å². The Hall–Kier alpha value is -1.56. The maximum Gasteiger partial charge on any atom is 0.153 e. The maximum absolute atomic E-state index is 11.7. The fraction of sp³-hybridized carbons (Fsp3) is 0.533. The summed E-state index contributed by atoms with van der Waals surface area (Å²) in [5, 5.41) is -0.360. The molecule has 116 valence electrons. The van der Waals surface area contributed by atoms with Crippen molar-refractivity contribution in [2.75, 3.05) is 13.4 Å². The normalized spacial score (nSPS) is 22.6. The van der Waals surface area contributed by atoms with Crippen LogP contribution < -0.4 is 9.47 Å². The summed E-state index contributed by atoms with van der Waals surface area (Å²) in [5.74, 6) is 1.05.